The van der Waals surface area contributed by atoms with Gasteiger partial charge in [0.15, 0.2) is 8.07 Å². The van der Waals surface area contributed by atoms with Gasteiger partial charge in [0.1, 0.15) is 0 Å². The van der Waals surface area contributed by atoms with E-state index in [9.17, 15) is 0 Å². The average molecular weight is 1070 g/mol. The van der Waals surface area contributed by atoms with Gasteiger partial charge in [0, 0.05) is 65.6 Å². The van der Waals surface area contributed by atoms with E-state index in [1.165, 1.54) is 85.9 Å². The minimum atomic E-state index is -3.04. The third kappa shape index (κ3) is 6.99. The molecule has 0 saturated heterocycles. The van der Waals surface area contributed by atoms with Crippen LogP contribution in [0.1, 0.15) is 0 Å². The second kappa shape index (κ2) is 18.7. The summed E-state index contributed by atoms with van der Waals surface area (Å²) in [5, 5.41) is 15.1. The summed E-state index contributed by atoms with van der Waals surface area (Å²) in [5.74, 6) is 0. The average Bonchev–Trinajstić information content (AvgIpc) is 3.21. The van der Waals surface area contributed by atoms with Gasteiger partial charge in [-0.25, -0.2) is 0 Å². The molecule has 0 bridgehead atoms. The number of hydrogen-bond donors (Lipinski definition) is 0. The Morgan fingerprint density at radius 2 is 0.494 bits per heavy atom. The van der Waals surface area contributed by atoms with Crippen LogP contribution in [0.25, 0.3) is 121 Å². The summed E-state index contributed by atoms with van der Waals surface area (Å²) in [6.07, 6.45) is 0. The molecule has 4 heterocycles. The highest BCUT2D eigenvalue weighted by atomic mass is 28.3. The number of hydrogen-bond acceptors (Lipinski definition) is 0. The highest BCUT2D eigenvalue weighted by Gasteiger charge is 2.42. The van der Waals surface area contributed by atoms with Crippen molar-refractivity contribution in [3.8, 4) is 33.9 Å². The summed E-state index contributed by atoms with van der Waals surface area (Å²) in [7, 11) is -3.04. The Hall–Kier alpha value is -10.7. The molecule has 0 fully saturated rings. The monoisotopic (exact) mass is 1070 g/mol. The Kier molecular flexibility index (Phi) is 10.6. The van der Waals surface area contributed by atoms with E-state index in [-0.39, 0.29) is 0 Å². The van der Waals surface area contributed by atoms with Crippen molar-refractivity contribution < 1.29 is 0 Å². The van der Waals surface area contributed by atoms with E-state index in [1.807, 2.05) is 0 Å². The summed E-state index contributed by atoms with van der Waals surface area (Å²) < 4.78 is 9.98. The molecule has 17 aromatic rings. The van der Waals surface area contributed by atoms with Crippen molar-refractivity contribution in [2.75, 3.05) is 0 Å². The molecule has 0 unspecified atom stereocenters. The largest absolute Gasteiger partial charge is 0.309 e. The first-order chi connectivity index (χ1) is 41.2. The van der Waals surface area contributed by atoms with Crippen LogP contribution in [0.15, 0.2) is 315 Å². The van der Waals surface area contributed by atoms with Crippen molar-refractivity contribution in [1.29, 1.82) is 0 Å². The lowest BCUT2D eigenvalue weighted by Gasteiger charge is -2.35. The Morgan fingerprint density at radius 1 is 0.181 bits per heavy atom. The van der Waals surface area contributed by atoms with Gasteiger partial charge in [-0.1, -0.05) is 237 Å². The van der Waals surface area contributed by atoms with Crippen molar-refractivity contribution in [1.82, 2.24) is 18.3 Å². The van der Waals surface area contributed by atoms with Gasteiger partial charge in [-0.2, -0.15) is 0 Å². The zero-order valence-electron chi connectivity index (χ0n) is 45.3. The molecule has 4 nitrogen and oxygen atoms in total. The number of rotatable bonds is 9. The van der Waals surface area contributed by atoms with Gasteiger partial charge < -0.3 is 18.3 Å². The smallest absolute Gasteiger partial charge is 0.179 e. The molecule has 17 rings (SSSR count). The first-order valence-electron chi connectivity index (χ1n) is 28.7. The predicted molar refractivity (Wildman–Crippen MR) is 353 cm³/mol. The van der Waals surface area contributed by atoms with E-state index in [1.54, 1.807) is 0 Å². The van der Waals surface area contributed by atoms with Crippen LogP contribution >= 0.6 is 0 Å². The van der Waals surface area contributed by atoms with Gasteiger partial charge in [0.05, 0.1) is 55.5 Å². The van der Waals surface area contributed by atoms with E-state index in [4.69, 9.17) is 0 Å². The van der Waals surface area contributed by atoms with Gasteiger partial charge in [-0.15, -0.1) is 0 Å². The molecular formula is C78H52N4Si. The van der Waals surface area contributed by atoms with Gasteiger partial charge in [-0.3, -0.25) is 0 Å². The molecule has 0 radical (unpaired) electrons. The summed E-state index contributed by atoms with van der Waals surface area (Å²) in [5.41, 5.74) is 16.0. The molecule has 4 aromatic heterocycles. The first-order valence-corrected chi connectivity index (χ1v) is 30.7. The van der Waals surface area contributed by atoms with Crippen LogP contribution in [-0.2, 0) is 0 Å². The van der Waals surface area contributed by atoms with Crippen molar-refractivity contribution in [3.05, 3.63) is 315 Å². The number of para-hydroxylation sites is 7. The Morgan fingerprint density at radius 3 is 0.904 bits per heavy atom. The van der Waals surface area contributed by atoms with E-state index >= 15 is 0 Å². The second-order valence-electron chi connectivity index (χ2n) is 21.9. The number of benzene rings is 13. The summed E-state index contributed by atoms with van der Waals surface area (Å²) in [6, 6.07) is 118. The molecule has 0 aliphatic heterocycles. The SMILES string of the molecule is c1ccc([Si](c2ccccc2)(c2ccccc2)c2ccc(-n3c4ccccc4c4ccccc43)c(-c3ccc(-n4c5ccccc5c5cc(-n6c7ccccc7c7ccccc76)ccc54)cc3-n3c4ccccc4c4ccccc43)c2)cc1. The van der Waals surface area contributed by atoms with Crippen molar-refractivity contribution in [2.24, 2.45) is 0 Å². The molecule has 0 atom stereocenters. The molecule has 0 saturated carbocycles. The van der Waals surface area contributed by atoms with E-state index < -0.39 is 8.07 Å². The lowest BCUT2D eigenvalue weighted by molar-refractivity contribution is 1.13. The normalized spacial score (nSPS) is 12.1. The first kappa shape index (κ1) is 47.1. The quantitative estimate of drug-likeness (QED) is 0.101. The number of aromatic nitrogens is 4. The Balaban J connectivity index is 0.995. The fraction of sp³-hybridized carbons (Fsp3) is 0. The molecule has 0 N–H and O–H groups in total. The predicted octanol–water partition coefficient (Wildman–Crippen LogP) is 17.1. The third-order valence-corrected chi connectivity index (χ3v) is 22.5. The lowest BCUT2D eigenvalue weighted by atomic mass is 9.99. The van der Waals surface area contributed by atoms with Crippen LogP contribution in [0.4, 0.5) is 0 Å². The van der Waals surface area contributed by atoms with Crippen molar-refractivity contribution in [2.45, 2.75) is 0 Å². The highest BCUT2D eigenvalue weighted by Crippen LogP contribution is 2.44. The Bertz CT molecular complexity index is 5140. The Labute approximate surface area is 480 Å². The minimum Gasteiger partial charge on any atom is -0.309 e. The third-order valence-electron chi connectivity index (χ3n) is 17.7. The molecule has 83 heavy (non-hydrogen) atoms. The lowest BCUT2D eigenvalue weighted by Crippen LogP contribution is -2.74. The standard InChI is InChI=1S/C78H52N4Si/c1-4-24-55(25-5-1)83(56-26-6-2-7-27-56,57-28-8-3-9-29-57)58-46-49-77(81-72-40-20-12-32-61(72)62-33-13-21-41-73(62)81)68(52-58)66-47-44-54(51-78(66)82-74-42-22-14-34-63(74)64-35-15-23-43-75(64)82)80-71-39-19-16-36-65(71)67-50-53(45-48-76(67)80)79-69-37-17-10-30-59(69)60-31-11-18-38-70(60)79/h1-52H. The molecular weight excluding hydrogens is 1020 g/mol. The van der Waals surface area contributed by atoms with Gasteiger partial charge in [0.2, 0.25) is 0 Å². The molecule has 0 spiro atoms. The van der Waals surface area contributed by atoms with Crippen LogP contribution in [0.3, 0.4) is 0 Å². The van der Waals surface area contributed by atoms with Crippen LogP contribution in [0.2, 0.25) is 0 Å². The van der Waals surface area contributed by atoms with Gasteiger partial charge >= 0.3 is 0 Å². The summed E-state index contributed by atoms with van der Waals surface area (Å²) in [4.78, 5) is 0. The number of fused-ring (bicyclic) bond motifs is 12. The van der Waals surface area contributed by atoms with Crippen molar-refractivity contribution in [3.63, 3.8) is 0 Å². The molecule has 13 aromatic carbocycles. The fourth-order valence-corrected chi connectivity index (χ4v) is 19.0. The summed E-state index contributed by atoms with van der Waals surface area (Å²) in [6.45, 7) is 0. The maximum Gasteiger partial charge on any atom is 0.179 e. The van der Waals surface area contributed by atoms with Gasteiger partial charge in [-0.05, 0) is 99.6 Å². The minimum absolute atomic E-state index is 1.08. The van der Waals surface area contributed by atoms with E-state index in [0.717, 1.165) is 55.9 Å². The second-order valence-corrected chi connectivity index (χ2v) is 25.8. The number of nitrogens with zero attached hydrogens (tertiary/aromatic N) is 4. The maximum atomic E-state index is 2.58. The van der Waals surface area contributed by atoms with Crippen LogP contribution in [-0.4, -0.2) is 26.3 Å². The fourth-order valence-electron chi connectivity index (χ4n) is 14.3. The molecule has 0 aliphatic rings. The van der Waals surface area contributed by atoms with Crippen molar-refractivity contribution >= 4 is 116 Å². The van der Waals surface area contributed by atoms with Gasteiger partial charge in [0.25, 0.3) is 0 Å². The van der Waals surface area contributed by atoms with Crippen LogP contribution < -0.4 is 20.7 Å². The van der Waals surface area contributed by atoms with Crippen LogP contribution in [0, 0.1) is 0 Å². The topological polar surface area (TPSA) is 19.7 Å². The van der Waals surface area contributed by atoms with Crippen LogP contribution in [0.5, 0.6) is 0 Å². The zero-order valence-corrected chi connectivity index (χ0v) is 46.3. The van der Waals surface area contributed by atoms with E-state index in [0.29, 0.717) is 0 Å². The zero-order chi connectivity index (χ0) is 54.6. The molecule has 0 amide bonds. The molecule has 5 heteroatoms. The highest BCUT2D eigenvalue weighted by molar-refractivity contribution is 7.20. The maximum absolute atomic E-state index is 3.04. The van der Waals surface area contributed by atoms with E-state index in [2.05, 4.69) is 334 Å². The molecule has 0 aliphatic carbocycles. The molecule has 388 valence electrons. The summed E-state index contributed by atoms with van der Waals surface area (Å²) >= 11 is 0.